The molecule has 0 aromatic carbocycles. The molecule has 2 heterocycles. The maximum absolute atomic E-state index is 12.7. The highest BCUT2D eigenvalue weighted by Crippen LogP contribution is 2.33. The third kappa shape index (κ3) is 5.41. The SMILES string of the molecule is CCCN(Cc1nc2sc3c(c2c(=O)[nH]1)CCCC3)C[C@H](O)COC(C)(C)C. The summed E-state index contributed by atoms with van der Waals surface area (Å²) in [6, 6.07) is 0. The Kier molecular flexibility index (Phi) is 6.91. The van der Waals surface area contributed by atoms with Crippen molar-refractivity contribution in [2.45, 2.75) is 78.0 Å². The molecule has 7 heteroatoms. The van der Waals surface area contributed by atoms with Crippen LogP contribution in [0.3, 0.4) is 0 Å². The number of aliphatic hydroxyl groups is 1. The summed E-state index contributed by atoms with van der Waals surface area (Å²) in [4.78, 5) is 24.8. The van der Waals surface area contributed by atoms with Crippen LogP contribution in [0.15, 0.2) is 4.79 Å². The molecule has 1 aliphatic rings. The smallest absolute Gasteiger partial charge is 0.259 e. The third-order valence-electron chi connectivity index (χ3n) is 4.96. The fraction of sp³-hybridized carbons (Fsp3) is 0.714. The first-order valence-corrected chi connectivity index (χ1v) is 11.2. The zero-order valence-corrected chi connectivity index (χ0v) is 18.3. The molecule has 0 saturated carbocycles. The van der Waals surface area contributed by atoms with Crippen LogP contribution in [0, 0.1) is 0 Å². The molecule has 0 saturated heterocycles. The molecule has 0 unspecified atom stereocenters. The Balaban J connectivity index is 1.74. The van der Waals surface area contributed by atoms with Crippen LogP contribution < -0.4 is 5.56 Å². The number of fused-ring (bicyclic) bond motifs is 3. The number of aryl methyl sites for hydroxylation is 2. The number of hydrogen-bond acceptors (Lipinski definition) is 6. The number of aromatic amines is 1. The van der Waals surface area contributed by atoms with Crippen molar-refractivity contribution in [1.29, 1.82) is 0 Å². The Morgan fingerprint density at radius 2 is 2.07 bits per heavy atom. The number of aromatic nitrogens is 2. The van der Waals surface area contributed by atoms with E-state index in [1.54, 1.807) is 11.3 Å². The van der Waals surface area contributed by atoms with Crippen molar-refractivity contribution in [3.8, 4) is 0 Å². The van der Waals surface area contributed by atoms with Crippen LogP contribution in [0.25, 0.3) is 10.2 Å². The summed E-state index contributed by atoms with van der Waals surface area (Å²) >= 11 is 1.67. The van der Waals surface area contributed by atoms with Gasteiger partial charge < -0.3 is 14.8 Å². The van der Waals surface area contributed by atoms with Gasteiger partial charge in [-0.25, -0.2) is 4.98 Å². The number of rotatable bonds is 8. The van der Waals surface area contributed by atoms with Crippen molar-refractivity contribution in [1.82, 2.24) is 14.9 Å². The van der Waals surface area contributed by atoms with Crippen LogP contribution in [0.1, 0.15) is 63.2 Å². The monoisotopic (exact) mass is 407 g/mol. The highest BCUT2D eigenvalue weighted by Gasteiger charge is 2.21. The van der Waals surface area contributed by atoms with Crippen LogP contribution in [0.4, 0.5) is 0 Å². The molecule has 0 amide bonds. The van der Waals surface area contributed by atoms with Crippen molar-refractivity contribution in [3.63, 3.8) is 0 Å². The lowest BCUT2D eigenvalue weighted by atomic mass is 9.97. The summed E-state index contributed by atoms with van der Waals surface area (Å²) in [5.74, 6) is 0.675. The molecule has 0 spiro atoms. The van der Waals surface area contributed by atoms with Crippen molar-refractivity contribution in [3.05, 3.63) is 26.6 Å². The molecule has 0 fully saturated rings. The first-order chi connectivity index (χ1) is 13.3. The van der Waals surface area contributed by atoms with E-state index in [1.807, 2.05) is 20.8 Å². The molecule has 1 atom stereocenters. The second-order valence-corrected chi connectivity index (χ2v) is 9.80. The van der Waals surface area contributed by atoms with E-state index in [0.717, 1.165) is 42.4 Å². The van der Waals surface area contributed by atoms with Gasteiger partial charge in [0.05, 0.1) is 30.2 Å². The molecule has 6 nitrogen and oxygen atoms in total. The predicted octanol–water partition coefficient (Wildman–Crippen LogP) is 3.25. The van der Waals surface area contributed by atoms with Gasteiger partial charge in [-0.05, 0) is 65.0 Å². The number of thiophene rings is 1. The predicted molar refractivity (Wildman–Crippen MR) is 114 cm³/mol. The van der Waals surface area contributed by atoms with E-state index in [-0.39, 0.29) is 11.2 Å². The summed E-state index contributed by atoms with van der Waals surface area (Å²) in [7, 11) is 0. The Labute approximate surface area is 170 Å². The van der Waals surface area contributed by atoms with Crippen molar-refractivity contribution in [2.75, 3.05) is 19.7 Å². The second kappa shape index (κ2) is 9.03. The lowest BCUT2D eigenvalue weighted by molar-refractivity contribution is -0.0568. The van der Waals surface area contributed by atoms with Crippen molar-refractivity contribution in [2.24, 2.45) is 0 Å². The van der Waals surface area contributed by atoms with Crippen LogP contribution in [0.2, 0.25) is 0 Å². The van der Waals surface area contributed by atoms with Gasteiger partial charge in [0.2, 0.25) is 0 Å². The second-order valence-electron chi connectivity index (χ2n) is 8.72. The summed E-state index contributed by atoms with van der Waals surface area (Å²) in [5.41, 5.74) is 0.923. The molecule has 156 valence electrons. The number of nitrogens with zero attached hydrogens (tertiary/aromatic N) is 2. The number of ether oxygens (including phenoxy) is 1. The molecular weight excluding hydrogens is 374 g/mol. The Morgan fingerprint density at radius 3 is 2.79 bits per heavy atom. The first-order valence-electron chi connectivity index (χ1n) is 10.3. The molecule has 28 heavy (non-hydrogen) atoms. The molecule has 0 radical (unpaired) electrons. The minimum absolute atomic E-state index is 0.0209. The normalized spacial score (nSPS) is 15.9. The number of nitrogens with one attached hydrogen (secondary N) is 1. The Bertz CT molecular complexity index is 853. The van der Waals surface area contributed by atoms with Crippen LogP contribution >= 0.6 is 11.3 Å². The highest BCUT2D eigenvalue weighted by atomic mass is 32.1. The third-order valence-corrected chi connectivity index (χ3v) is 6.15. The van der Waals surface area contributed by atoms with E-state index in [4.69, 9.17) is 9.72 Å². The Morgan fingerprint density at radius 1 is 1.32 bits per heavy atom. The van der Waals surface area contributed by atoms with E-state index in [1.165, 1.54) is 16.9 Å². The van der Waals surface area contributed by atoms with E-state index in [2.05, 4.69) is 16.8 Å². The molecule has 0 bridgehead atoms. The largest absolute Gasteiger partial charge is 0.389 e. The van der Waals surface area contributed by atoms with Gasteiger partial charge in [0.15, 0.2) is 0 Å². The topological polar surface area (TPSA) is 78.5 Å². The minimum Gasteiger partial charge on any atom is -0.389 e. The fourth-order valence-corrected chi connectivity index (χ4v) is 5.02. The van der Waals surface area contributed by atoms with Crippen molar-refractivity contribution < 1.29 is 9.84 Å². The molecule has 1 aliphatic carbocycles. The lowest BCUT2D eigenvalue weighted by Gasteiger charge is -2.26. The zero-order chi connectivity index (χ0) is 20.3. The number of hydrogen-bond donors (Lipinski definition) is 2. The molecule has 2 aromatic rings. The quantitative estimate of drug-likeness (QED) is 0.702. The van der Waals surface area contributed by atoms with Crippen LogP contribution in [-0.2, 0) is 24.1 Å². The number of aliphatic hydroxyl groups excluding tert-OH is 1. The van der Waals surface area contributed by atoms with Gasteiger partial charge in [0.25, 0.3) is 5.56 Å². The van der Waals surface area contributed by atoms with Crippen LogP contribution in [0.5, 0.6) is 0 Å². The first kappa shape index (κ1) is 21.4. The van der Waals surface area contributed by atoms with Gasteiger partial charge in [-0.3, -0.25) is 9.69 Å². The minimum atomic E-state index is -0.574. The van der Waals surface area contributed by atoms with E-state index in [9.17, 15) is 9.90 Å². The maximum atomic E-state index is 12.7. The van der Waals surface area contributed by atoms with E-state index in [0.29, 0.717) is 25.5 Å². The molecule has 0 aliphatic heterocycles. The Hall–Kier alpha value is -1.28. The summed E-state index contributed by atoms with van der Waals surface area (Å²) in [6.07, 6.45) is 4.79. The van der Waals surface area contributed by atoms with Crippen molar-refractivity contribution >= 4 is 21.6 Å². The molecule has 3 rings (SSSR count). The van der Waals surface area contributed by atoms with Gasteiger partial charge in [-0.1, -0.05) is 6.92 Å². The van der Waals surface area contributed by atoms with Gasteiger partial charge in [-0.15, -0.1) is 11.3 Å². The van der Waals surface area contributed by atoms with Gasteiger partial charge >= 0.3 is 0 Å². The molecule has 2 N–H and O–H groups in total. The van der Waals surface area contributed by atoms with Gasteiger partial charge in [-0.2, -0.15) is 0 Å². The lowest BCUT2D eigenvalue weighted by Crippen LogP contribution is -2.37. The van der Waals surface area contributed by atoms with Gasteiger partial charge in [0, 0.05) is 11.4 Å². The molecule has 2 aromatic heterocycles. The summed E-state index contributed by atoms with van der Waals surface area (Å²) in [5, 5.41) is 11.2. The average Bonchev–Trinajstić information content (AvgIpc) is 2.98. The standard InChI is InChI=1S/C21H33N3O3S/c1-5-10-24(11-14(25)13-27-21(2,3)4)12-17-22-19(26)18-15-8-6-7-9-16(15)28-20(18)23-17/h14,25H,5-13H2,1-4H3,(H,22,23,26)/t14-/m0/s1. The zero-order valence-electron chi connectivity index (χ0n) is 17.5. The van der Waals surface area contributed by atoms with E-state index < -0.39 is 6.10 Å². The number of H-pyrrole nitrogens is 1. The summed E-state index contributed by atoms with van der Waals surface area (Å²) in [6.45, 7) is 10.2. The molecular formula is C21H33N3O3S. The van der Waals surface area contributed by atoms with Gasteiger partial charge in [0.1, 0.15) is 10.7 Å². The van der Waals surface area contributed by atoms with E-state index >= 15 is 0 Å². The average molecular weight is 408 g/mol. The maximum Gasteiger partial charge on any atom is 0.259 e. The summed E-state index contributed by atoms with van der Waals surface area (Å²) < 4.78 is 5.70. The highest BCUT2D eigenvalue weighted by molar-refractivity contribution is 7.18. The fourth-order valence-electron chi connectivity index (χ4n) is 3.74. The van der Waals surface area contributed by atoms with Crippen LogP contribution in [-0.4, -0.2) is 51.4 Å².